The number of carbonyl (C=O) groups excluding carboxylic acids is 1. The third kappa shape index (κ3) is 3.36. The molecule has 24 heavy (non-hydrogen) atoms. The van der Waals surface area contributed by atoms with E-state index in [2.05, 4.69) is 27.9 Å². The third-order valence-electron chi connectivity index (χ3n) is 5.10. The lowest BCUT2D eigenvalue weighted by molar-refractivity contribution is 0.102. The Morgan fingerprint density at radius 3 is 2.67 bits per heavy atom. The highest BCUT2D eigenvalue weighted by atomic mass is 16.1. The molecule has 1 heterocycles. The van der Waals surface area contributed by atoms with E-state index in [-0.39, 0.29) is 5.91 Å². The van der Waals surface area contributed by atoms with E-state index in [1.54, 1.807) is 10.7 Å². The quantitative estimate of drug-likeness (QED) is 0.859. The number of hydrogen-bond donors (Lipinski definition) is 2. The molecule has 2 N–H and O–H groups in total. The predicted molar refractivity (Wildman–Crippen MR) is 94.2 cm³/mol. The summed E-state index contributed by atoms with van der Waals surface area (Å²) in [6.45, 7) is 3.11. The van der Waals surface area contributed by atoms with Gasteiger partial charge in [-0.25, -0.2) is 0 Å². The molecule has 2 fully saturated rings. The van der Waals surface area contributed by atoms with E-state index in [0.29, 0.717) is 17.7 Å². The van der Waals surface area contributed by atoms with Crippen LogP contribution in [0, 0.1) is 12.8 Å². The molecule has 0 bridgehead atoms. The molecule has 0 aliphatic heterocycles. The van der Waals surface area contributed by atoms with Gasteiger partial charge in [-0.05, 0) is 62.4 Å². The lowest BCUT2D eigenvalue weighted by Crippen LogP contribution is -2.20. The molecule has 0 radical (unpaired) electrons. The minimum Gasteiger partial charge on any atom is -0.321 e. The van der Waals surface area contributed by atoms with Crippen molar-refractivity contribution >= 4 is 11.6 Å². The van der Waals surface area contributed by atoms with E-state index in [9.17, 15) is 4.79 Å². The lowest BCUT2D eigenvalue weighted by atomic mass is 10.1. The lowest BCUT2D eigenvalue weighted by Gasteiger charge is -2.06. The van der Waals surface area contributed by atoms with Gasteiger partial charge in [-0.2, -0.15) is 5.10 Å². The van der Waals surface area contributed by atoms with Gasteiger partial charge in [0, 0.05) is 30.4 Å². The van der Waals surface area contributed by atoms with Crippen LogP contribution < -0.4 is 10.6 Å². The van der Waals surface area contributed by atoms with Crippen LogP contribution >= 0.6 is 0 Å². The van der Waals surface area contributed by atoms with Gasteiger partial charge in [-0.3, -0.25) is 9.48 Å². The Balaban J connectivity index is 1.33. The number of anilines is 1. The molecular weight excluding hydrogens is 300 g/mol. The van der Waals surface area contributed by atoms with Crippen LogP contribution in [-0.2, 0) is 7.05 Å². The highest BCUT2D eigenvalue weighted by Crippen LogP contribution is 2.41. The van der Waals surface area contributed by atoms with Gasteiger partial charge < -0.3 is 10.6 Å². The standard InChI is InChI=1S/C19H24N4O/c1-12-9-18(22-23(12)2)19(24)21-15-7-5-14(6-8-15)16-10-17(16)20-11-13-3-4-13/h5-9,13,16-17,20H,3-4,10-11H2,1-2H3,(H,21,24)/t16-,17+/m0/s1. The molecule has 1 amide bonds. The topological polar surface area (TPSA) is 59.0 Å². The summed E-state index contributed by atoms with van der Waals surface area (Å²) < 4.78 is 1.71. The van der Waals surface area contributed by atoms with E-state index in [4.69, 9.17) is 0 Å². The monoisotopic (exact) mass is 324 g/mol. The smallest absolute Gasteiger partial charge is 0.276 e. The number of nitrogens with one attached hydrogen (secondary N) is 2. The van der Waals surface area contributed by atoms with Crippen LogP contribution in [0.3, 0.4) is 0 Å². The van der Waals surface area contributed by atoms with E-state index in [0.717, 1.165) is 17.3 Å². The Morgan fingerprint density at radius 2 is 2.04 bits per heavy atom. The second kappa shape index (κ2) is 6.06. The van der Waals surface area contributed by atoms with Gasteiger partial charge >= 0.3 is 0 Å². The predicted octanol–water partition coefficient (Wildman–Crippen LogP) is 2.84. The first-order valence-corrected chi connectivity index (χ1v) is 8.75. The van der Waals surface area contributed by atoms with E-state index in [1.807, 2.05) is 26.1 Å². The first kappa shape index (κ1) is 15.4. The van der Waals surface area contributed by atoms with Crippen molar-refractivity contribution in [1.29, 1.82) is 0 Å². The Bertz CT molecular complexity index is 726. The molecule has 5 heteroatoms. The van der Waals surface area contributed by atoms with Crippen molar-refractivity contribution in [3.8, 4) is 0 Å². The van der Waals surface area contributed by atoms with Crippen LogP contribution in [-0.4, -0.2) is 28.3 Å². The van der Waals surface area contributed by atoms with Crippen molar-refractivity contribution in [2.45, 2.75) is 38.1 Å². The molecule has 2 aliphatic carbocycles. The maximum atomic E-state index is 12.2. The second-order valence-corrected chi connectivity index (χ2v) is 7.17. The Kier molecular flexibility index (Phi) is 3.88. The summed E-state index contributed by atoms with van der Waals surface area (Å²) in [4.78, 5) is 12.2. The zero-order valence-electron chi connectivity index (χ0n) is 14.2. The van der Waals surface area contributed by atoms with Gasteiger partial charge in [0.15, 0.2) is 5.69 Å². The molecule has 0 spiro atoms. The molecule has 2 aromatic rings. The number of carbonyl (C=O) groups is 1. The molecule has 1 aromatic carbocycles. The highest BCUT2D eigenvalue weighted by Gasteiger charge is 2.38. The zero-order valence-corrected chi connectivity index (χ0v) is 14.2. The molecule has 2 saturated carbocycles. The first-order chi connectivity index (χ1) is 11.6. The molecule has 0 saturated heterocycles. The van der Waals surface area contributed by atoms with Gasteiger partial charge in [0.2, 0.25) is 0 Å². The van der Waals surface area contributed by atoms with Crippen LogP contribution in [0.5, 0.6) is 0 Å². The van der Waals surface area contributed by atoms with Crippen molar-refractivity contribution in [2.75, 3.05) is 11.9 Å². The Labute approximate surface area is 142 Å². The molecule has 4 rings (SSSR count). The number of nitrogens with zero attached hydrogens (tertiary/aromatic N) is 2. The van der Waals surface area contributed by atoms with E-state index in [1.165, 1.54) is 31.4 Å². The average molecular weight is 324 g/mol. The molecule has 2 atom stereocenters. The number of amides is 1. The molecule has 5 nitrogen and oxygen atoms in total. The Hall–Kier alpha value is -2.14. The van der Waals surface area contributed by atoms with E-state index < -0.39 is 0 Å². The minimum atomic E-state index is -0.165. The van der Waals surface area contributed by atoms with Gasteiger partial charge in [-0.1, -0.05) is 12.1 Å². The van der Waals surface area contributed by atoms with Crippen molar-refractivity contribution < 1.29 is 4.79 Å². The fourth-order valence-electron chi connectivity index (χ4n) is 3.11. The molecule has 126 valence electrons. The summed E-state index contributed by atoms with van der Waals surface area (Å²) >= 11 is 0. The summed E-state index contributed by atoms with van der Waals surface area (Å²) in [7, 11) is 1.84. The fourth-order valence-corrected chi connectivity index (χ4v) is 3.11. The van der Waals surface area contributed by atoms with Gasteiger partial charge in [0.05, 0.1) is 0 Å². The summed E-state index contributed by atoms with van der Waals surface area (Å²) in [5, 5.41) is 10.8. The van der Waals surface area contributed by atoms with Crippen LogP contribution in [0.1, 0.15) is 46.9 Å². The van der Waals surface area contributed by atoms with Crippen molar-refractivity contribution in [3.63, 3.8) is 0 Å². The molecular formula is C19H24N4O. The second-order valence-electron chi connectivity index (χ2n) is 7.17. The number of hydrogen-bond acceptors (Lipinski definition) is 3. The van der Waals surface area contributed by atoms with Gasteiger partial charge in [0.25, 0.3) is 5.91 Å². The SMILES string of the molecule is Cc1cc(C(=O)Nc2ccc([C@@H]3C[C@H]3NCC3CC3)cc2)nn1C. The third-order valence-corrected chi connectivity index (χ3v) is 5.10. The molecule has 0 unspecified atom stereocenters. The maximum Gasteiger partial charge on any atom is 0.276 e. The van der Waals surface area contributed by atoms with Crippen LogP contribution in [0.25, 0.3) is 0 Å². The number of rotatable bonds is 6. The normalized spacial score (nSPS) is 22.4. The number of aryl methyl sites for hydroxylation is 2. The van der Waals surface area contributed by atoms with Crippen molar-refractivity contribution in [1.82, 2.24) is 15.1 Å². The van der Waals surface area contributed by atoms with Gasteiger partial charge in [0.1, 0.15) is 0 Å². The summed E-state index contributed by atoms with van der Waals surface area (Å²) in [5.74, 6) is 1.40. The average Bonchev–Trinajstić information content (AvgIpc) is 3.47. The largest absolute Gasteiger partial charge is 0.321 e. The first-order valence-electron chi connectivity index (χ1n) is 8.75. The number of benzene rings is 1. The maximum absolute atomic E-state index is 12.2. The van der Waals surface area contributed by atoms with Crippen LogP contribution in [0.15, 0.2) is 30.3 Å². The van der Waals surface area contributed by atoms with Gasteiger partial charge in [-0.15, -0.1) is 0 Å². The van der Waals surface area contributed by atoms with E-state index >= 15 is 0 Å². The number of aromatic nitrogens is 2. The molecule has 2 aliphatic rings. The molecule has 1 aromatic heterocycles. The highest BCUT2D eigenvalue weighted by molar-refractivity contribution is 6.02. The summed E-state index contributed by atoms with van der Waals surface area (Å²) in [6, 6.07) is 10.7. The summed E-state index contributed by atoms with van der Waals surface area (Å²) in [6.07, 6.45) is 4.02. The van der Waals surface area contributed by atoms with Crippen molar-refractivity contribution in [3.05, 3.63) is 47.3 Å². The van der Waals surface area contributed by atoms with Crippen LogP contribution in [0.4, 0.5) is 5.69 Å². The van der Waals surface area contributed by atoms with Crippen molar-refractivity contribution in [2.24, 2.45) is 13.0 Å². The fraction of sp³-hybridized carbons (Fsp3) is 0.474. The summed E-state index contributed by atoms with van der Waals surface area (Å²) in [5.41, 5.74) is 3.59. The zero-order chi connectivity index (χ0) is 16.7. The van der Waals surface area contributed by atoms with Crippen LogP contribution in [0.2, 0.25) is 0 Å². The minimum absolute atomic E-state index is 0.165. The Morgan fingerprint density at radius 1 is 1.29 bits per heavy atom.